The molecule has 2 N–H and O–H groups in total. The van der Waals surface area contributed by atoms with Crippen molar-refractivity contribution in [3.63, 3.8) is 0 Å². The monoisotopic (exact) mass is 396 g/mol. The fourth-order valence-corrected chi connectivity index (χ4v) is 3.38. The summed E-state index contributed by atoms with van der Waals surface area (Å²) in [4.78, 5) is 28.3. The number of phenolic OH excluding ortho intramolecular Hbond substituents is 1. The lowest BCUT2D eigenvalue weighted by Crippen LogP contribution is -2.13. The van der Waals surface area contributed by atoms with E-state index in [9.17, 15) is 14.7 Å². The van der Waals surface area contributed by atoms with E-state index in [4.69, 9.17) is 4.74 Å². The van der Waals surface area contributed by atoms with Crippen LogP contribution in [0.4, 0.5) is 5.13 Å². The van der Waals surface area contributed by atoms with E-state index in [-0.39, 0.29) is 23.7 Å². The average Bonchev–Trinajstić information content (AvgIpc) is 3.11. The van der Waals surface area contributed by atoms with Crippen LogP contribution in [0.1, 0.15) is 34.1 Å². The van der Waals surface area contributed by atoms with Gasteiger partial charge in [-0.25, -0.2) is 4.98 Å². The molecule has 0 saturated carbocycles. The summed E-state index contributed by atoms with van der Waals surface area (Å²) in [6.45, 7) is 2.05. The van der Waals surface area contributed by atoms with Gasteiger partial charge in [-0.3, -0.25) is 14.9 Å². The Morgan fingerprint density at radius 3 is 2.68 bits per heavy atom. The van der Waals surface area contributed by atoms with Crippen LogP contribution in [0.15, 0.2) is 53.9 Å². The molecule has 144 valence electrons. The third-order valence-corrected chi connectivity index (χ3v) is 4.77. The number of benzene rings is 2. The molecular formula is C21H20N2O4S. The first-order valence-electron chi connectivity index (χ1n) is 8.82. The number of esters is 1. The highest BCUT2D eigenvalue weighted by molar-refractivity contribution is 7.14. The second kappa shape index (κ2) is 9.14. The third kappa shape index (κ3) is 5.17. The first-order chi connectivity index (χ1) is 13.5. The van der Waals surface area contributed by atoms with Gasteiger partial charge >= 0.3 is 5.97 Å². The van der Waals surface area contributed by atoms with Gasteiger partial charge < -0.3 is 9.84 Å². The van der Waals surface area contributed by atoms with Crippen LogP contribution < -0.4 is 5.32 Å². The van der Waals surface area contributed by atoms with E-state index in [1.807, 2.05) is 30.3 Å². The second-order valence-corrected chi connectivity index (χ2v) is 6.95. The predicted octanol–water partition coefficient (Wildman–Crippen LogP) is 3.80. The fourth-order valence-electron chi connectivity index (χ4n) is 2.68. The minimum atomic E-state index is -0.454. The quantitative estimate of drug-likeness (QED) is 0.593. The highest BCUT2D eigenvalue weighted by Crippen LogP contribution is 2.23. The molecule has 28 heavy (non-hydrogen) atoms. The Kier molecular flexibility index (Phi) is 6.39. The van der Waals surface area contributed by atoms with Gasteiger partial charge in [0.2, 0.25) is 0 Å². The van der Waals surface area contributed by atoms with E-state index < -0.39 is 5.91 Å². The lowest BCUT2D eigenvalue weighted by Gasteiger charge is -2.08. The van der Waals surface area contributed by atoms with E-state index in [0.29, 0.717) is 23.9 Å². The van der Waals surface area contributed by atoms with E-state index in [2.05, 4.69) is 10.3 Å². The average molecular weight is 396 g/mol. The highest BCUT2D eigenvalue weighted by Gasteiger charge is 2.15. The van der Waals surface area contributed by atoms with Crippen LogP contribution in [0.25, 0.3) is 0 Å². The molecule has 2 aromatic carbocycles. The van der Waals surface area contributed by atoms with Gasteiger partial charge in [0.1, 0.15) is 5.75 Å². The molecule has 1 heterocycles. The standard InChI is InChI=1S/C21H20N2O4S/c1-2-27-19(25)12-16-13-28-21(22-16)23-20(26)17-11-15(8-9-18(17)24)10-14-6-4-3-5-7-14/h3-9,11,13,24H,2,10,12H2,1H3,(H,22,23,26). The molecule has 0 spiro atoms. The molecule has 0 aliphatic heterocycles. The zero-order chi connectivity index (χ0) is 19.9. The number of thiazole rings is 1. The van der Waals surface area contributed by atoms with Gasteiger partial charge in [0.15, 0.2) is 5.13 Å². The Hall–Kier alpha value is -3.19. The zero-order valence-corrected chi connectivity index (χ0v) is 16.2. The molecule has 3 aromatic rings. The van der Waals surface area contributed by atoms with Crippen molar-refractivity contribution < 1.29 is 19.4 Å². The van der Waals surface area contributed by atoms with Gasteiger partial charge in [0, 0.05) is 5.38 Å². The topological polar surface area (TPSA) is 88.5 Å². The molecule has 0 fully saturated rings. The largest absolute Gasteiger partial charge is 0.507 e. The van der Waals surface area contributed by atoms with Crippen LogP contribution in [-0.4, -0.2) is 28.6 Å². The second-order valence-electron chi connectivity index (χ2n) is 6.09. The van der Waals surface area contributed by atoms with Crippen LogP contribution in [-0.2, 0) is 22.4 Å². The molecule has 0 aliphatic rings. The number of anilines is 1. The lowest BCUT2D eigenvalue weighted by molar-refractivity contribution is -0.142. The summed E-state index contributed by atoms with van der Waals surface area (Å²) in [5, 5.41) is 14.8. The summed E-state index contributed by atoms with van der Waals surface area (Å²) in [5.41, 5.74) is 2.73. The van der Waals surface area contributed by atoms with E-state index in [0.717, 1.165) is 11.1 Å². The van der Waals surface area contributed by atoms with Gasteiger partial charge in [-0.2, -0.15) is 0 Å². The SMILES string of the molecule is CCOC(=O)Cc1csc(NC(=O)c2cc(Cc3ccccc3)ccc2O)n1. The summed E-state index contributed by atoms with van der Waals surface area (Å²) in [7, 11) is 0. The number of carbonyl (C=O) groups excluding carboxylic acids is 2. The fraction of sp³-hybridized carbons (Fsp3) is 0.190. The van der Waals surface area contributed by atoms with Crippen LogP contribution in [0.3, 0.4) is 0 Å². The normalized spacial score (nSPS) is 10.5. The first kappa shape index (κ1) is 19.6. The molecule has 1 amide bonds. The number of phenols is 1. The van der Waals surface area contributed by atoms with Crippen molar-refractivity contribution in [1.29, 1.82) is 0 Å². The van der Waals surface area contributed by atoms with E-state index in [1.165, 1.54) is 17.4 Å². The number of ether oxygens (including phenoxy) is 1. The summed E-state index contributed by atoms with van der Waals surface area (Å²) in [6.07, 6.45) is 0.709. The summed E-state index contributed by atoms with van der Waals surface area (Å²) < 4.78 is 4.89. The van der Waals surface area contributed by atoms with Crippen molar-refractivity contribution in [2.45, 2.75) is 19.8 Å². The lowest BCUT2D eigenvalue weighted by atomic mass is 10.0. The third-order valence-electron chi connectivity index (χ3n) is 3.96. The van der Waals surface area contributed by atoms with Crippen molar-refractivity contribution in [2.75, 3.05) is 11.9 Å². The molecule has 0 unspecified atom stereocenters. The minimum absolute atomic E-state index is 0.0536. The number of carbonyl (C=O) groups is 2. The number of nitrogens with one attached hydrogen (secondary N) is 1. The number of hydrogen-bond acceptors (Lipinski definition) is 6. The van der Waals surface area contributed by atoms with Gasteiger partial charge in [0.05, 0.1) is 24.3 Å². The molecular weight excluding hydrogens is 376 g/mol. The van der Waals surface area contributed by atoms with Crippen molar-refractivity contribution >= 4 is 28.3 Å². The minimum Gasteiger partial charge on any atom is -0.507 e. The molecule has 1 aromatic heterocycles. The van der Waals surface area contributed by atoms with Crippen molar-refractivity contribution in [2.24, 2.45) is 0 Å². The molecule has 0 bridgehead atoms. The van der Waals surface area contributed by atoms with Crippen molar-refractivity contribution in [1.82, 2.24) is 4.98 Å². The number of hydrogen-bond donors (Lipinski definition) is 2. The van der Waals surface area contributed by atoms with E-state index >= 15 is 0 Å². The maximum Gasteiger partial charge on any atom is 0.311 e. The Morgan fingerprint density at radius 1 is 1.14 bits per heavy atom. The van der Waals surface area contributed by atoms with Gasteiger partial charge in [0.25, 0.3) is 5.91 Å². The predicted molar refractivity (Wildman–Crippen MR) is 108 cm³/mol. The number of rotatable bonds is 7. The molecule has 0 saturated heterocycles. The Bertz CT molecular complexity index is 970. The number of nitrogens with zero attached hydrogens (tertiary/aromatic N) is 1. The van der Waals surface area contributed by atoms with Crippen LogP contribution >= 0.6 is 11.3 Å². The Balaban J connectivity index is 1.69. The van der Waals surface area contributed by atoms with E-state index in [1.54, 1.807) is 24.4 Å². The van der Waals surface area contributed by atoms with Crippen molar-refractivity contribution in [3.8, 4) is 5.75 Å². The van der Waals surface area contributed by atoms with Gasteiger partial charge in [-0.1, -0.05) is 36.4 Å². The number of aromatic hydroxyl groups is 1. The van der Waals surface area contributed by atoms with Gasteiger partial charge in [-0.05, 0) is 36.6 Å². The molecule has 0 atom stereocenters. The van der Waals surface area contributed by atoms with Crippen LogP contribution in [0, 0.1) is 0 Å². The molecule has 7 heteroatoms. The molecule has 6 nitrogen and oxygen atoms in total. The number of amides is 1. The van der Waals surface area contributed by atoms with Gasteiger partial charge in [-0.15, -0.1) is 11.3 Å². The maximum atomic E-state index is 12.6. The van der Waals surface area contributed by atoms with Crippen LogP contribution in [0.5, 0.6) is 5.75 Å². The Labute approximate surface area is 166 Å². The van der Waals surface area contributed by atoms with Crippen LogP contribution in [0.2, 0.25) is 0 Å². The number of aromatic nitrogens is 1. The summed E-state index contributed by atoms with van der Waals surface area (Å²) >= 11 is 1.21. The zero-order valence-electron chi connectivity index (χ0n) is 15.3. The molecule has 0 radical (unpaired) electrons. The maximum absolute atomic E-state index is 12.6. The molecule has 3 rings (SSSR count). The highest BCUT2D eigenvalue weighted by atomic mass is 32.1. The Morgan fingerprint density at radius 2 is 1.93 bits per heavy atom. The summed E-state index contributed by atoms with van der Waals surface area (Å²) in [5.74, 6) is -0.918. The summed E-state index contributed by atoms with van der Waals surface area (Å²) in [6, 6.07) is 14.9. The molecule has 0 aliphatic carbocycles. The van der Waals surface area contributed by atoms with Crippen molar-refractivity contribution in [3.05, 3.63) is 76.3 Å². The smallest absolute Gasteiger partial charge is 0.311 e. The first-order valence-corrected chi connectivity index (χ1v) is 9.70.